The lowest BCUT2D eigenvalue weighted by Gasteiger charge is -2.27. The van der Waals surface area contributed by atoms with Gasteiger partial charge < -0.3 is 16.8 Å². The number of amides is 1. The Hall–Kier alpha value is -2.35. The average Bonchev–Trinajstić information content (AvgIpc) is 2.54. The van der Waals surface area contributed by atoms with Gasteiger partial charge in [0.05, 0.1) is 11.3 Å². The predicted molar refractivity (Wildman–Crippen MR) is 94.2 cm³/mol. The van der Waals surface area contributed by atoms with E-state index < -0.39 is 0 Å². The van der Waals surface area contributed by atoms with Gasteiger partial charge >= 0.3 is 0 Å². The van der Waals surface area contributed by atoms with Gasteiger partial charge in [-0.2, -0.15) is 15.0 Å². The number of thioether (sulfide) groups is 1. The van der Waals surface area contributed by atoms with Gasteiger partial charge in [0.15, 0.2) is 5.16 Å². The van der Waals surface area contributed by atoms with E-state index in [0.717, 1.165) is 19.3 Å². The first-order chi connectivity index (χ1) is 11.5. The highest BCUT2D eigenvalue weighted by atomic mass is 32.2. The van der Waals surface area contributed by atoms with E-state index in [0.29, 0.717) is 5.16 Å². The van der Waals surface area contributed by atoms with Crippen LogP contribution >= 0.6 is 11.8 Å². The number of rotatable bonds is 4. The molecule has 7 nitrogen and oxygen atoms in total. The molecule has 1 aliphatic carbocycles. The van der Waals surface area contributed by atoms with Gasteiger partial charge in [0, 0.05) is 0 Å². The summed E-state index contributed by atoms with van der Waals surface area (Å²) in [5, 5.41) is 3.12. The third-order valence-corrected chi connectivity index (χ3v) is 4.95. The highest BCUT2D eigenvalue weighted by molar-refractivity contribution is 8.00. The maximum Gasteiger partial charge on any atom is 0.233 e. The number of nitrogens with one attached hydrogen (secondary N) is 1. The van der Waals surface area contributed by atoms with Gasteiger partial charge in [0.25, 0.3) is 0 Å². The maximum absolute atomic E-state index is 12.5. The summed E-state index contributed by atoms with van der Waals surface area (Å²) in [4.78, 5) is 24.2. The molecule has 0 saturated carbocycles. The third-order valence-electron chi connectivity index (χ3n) is 3.99. The quantitative estimate of drug-likeness (QED) is 0.722. The summed E-state index contributed by atoms with van der Waals surface area (Å²) in [6.45, 7) is 1.81. The van der Waals surface area contributed by atoms with Crippen LogP contribution in [0.3, 0.4) is 0 Å². The lowest BCUT2D eigenvalue weighted by Crippen LogP contribution is -2.36. The number of nitrogens with two attached hydrogens (primary N) is 2. The summed E-state index contributed by atoms with van der Waals surface area (Å²) >= 11 is 1.22. The van der Waals surface area contributed by atoms with E-state index in [9.17, 15) is 4.79 Å². The van der Waals surface area contributed by atoms with Gasteiger partial charge in [-0.1, -0.05) is 36.0 Å². The second-order valence-corrected chi connectivity index (χ2v) is 7.05. The molecule has 0 fully saturated rings. The van der Waals surface area contributed by atoms with E-state index >= 15 is 0 Å². The van der Waals surface area contributed by atoms with Crippen LogP contribution in [-0.2, 0) is 11.2 Å². The second kappa shape index (κ2) is 7.04. The van der Waals surface area contributed by atoms with Crippen molar-refractivity contribution in [1.82, 2.24) is 20.3 Å². The highest BCUT2D eigenvalue weighted by Crippen LogP contribution is 2.30. The Morgan fingerprint density at radius 1 is 1.25 bits per heavy atom. The average molecular weight is 344 g/mol. The van der Waals surface area contributed by atoms with Crippen LogP contribution in [-0.4, -0.2) is 26.1 Å². The Morgan fingerprint density at radius 2 is 1.96 bits per heavy atom. The van der Waals surface area contributed by atoms with Crippen molar-refractivity contribution in [2.75, 3.05) is 11.5 Å². The minimum Gasteiger partial charge on any atom is -0.368 e. The number of nitrogens with zero attached hydrogens (tertiary/aromatic N) is 3. The molecule has 0 radical (unpaired) electrons. The zero-order chi connectivity index (χ0) is 17.1. The number of aryl methyl sites for hydroxylation is 1. The molecule has 24 heavy (non-hydrogen) atoms. The molecule has 126 valence electrons. The van der Waals surface area contributed by atoms with Crippen molar-refractivity contribution in [2.45, 2.75) is 42.6 Å². The molecule has 0 saturated heterocycles. The molecule has 2 atom stereocenters. The van der Waals surface area contributed by atoms with E-state index in [-0.39, 0.29) is 29.1 Å². The van der Waals surface area contributed by atoms with E-state index in [4.69, 9.17) is 11.5 Å². The van der Waals surface area contributed by atoms with Crippen LogP contribution in [0.4, 0.5) is 11.9 Å². The van der Waals surface area contributed by atoms with Gasteiger partial charge in [-0.3, -0.25) is 4.79 Å². The van der Waals surface area contributed by atoms with Gasteiger partial charge in [-0.15, -0.1) is 0 Å². The number of hydrogen-bond donors (Lipinski definition) is 3. The monoisotopic (exact) mass is 344 g/mol. The third kappa shape index (κ3) is 3.76. The van der Waals surface area contributed by atoms with Crippen molar-refractivity contribution in [1.29, 1.82) is 0 Å². The molecular weight excluding hydrogens is 324 g/mol. The summed E-state index contributed by atoms with van der Waals surface area (Å²) in [7, 11) is 0. The molecule has 2 unspecified atom stereocenters. The maximum atomic E-state index is 12.5. The van der Waals surface area contributed by atoms with E-state index in [2.05, 4.69) is 32.4 Å². The Bertz CT molecular complexity index is 733. The zero-order valence-corrected chi connectivity index (χ0v) is 14.2. The molecule has 0 aliphatic heterocycles. The fourth-order valence-electron chi connectivity index (χ4n) is 2.85. The Morgan fingerprint density at radius 3 is 2.71 bits per heavy atom. The molecule has 1 amide bonds. The molecule has 1 aromatic carbocycles. The number of carbonyl (C=O) groups is 1. The molecule has 5 N–H and O–H groups in total. The summed E-state index contributed by atoms with van der Waals surface area (Å²) in [5.41, 5.74) is 13.6. The normalized spacial score (nSPS) is 17.8. The number of hydrogen-bond acceptors (Lipinski definition) is 7. The molecule has 1 heterocycles. The smallest absolute Gasteiger partial charge is 0.233 e. The van der Waals surface area contributed by atoms with Crippen LogP contribution in [0.1, 0.15) is 36.9 Å². The number of aromatic nitrogens is 3. The first-order valence-corrected chi connectivity index (χ1v) is 8.73. The zero-order valence-electron chi connectivity index (χ0n) is 13.4. The van der Waals surface area contributed by atoms with Crippen LogP contribution in [0.5, 0.6) is 0 Å². The molecule has 1 aromatic heterocycles. The van der Waals surface area contributed by atoms with Crippen LogP contribution in [0.15, 0.2) is 29.4 Å². The molecule has 8 heteroatoms. The molecule has 3 rings (SSSR count). The summed E-state index contributed by atoms with van der Waals surface area (Å²) in [6, 6.07) is 8.32. The van der Waals surface area contributed by atoms with E-state index in [1.54, 1.807) is 0 Å². The van der Waals surface area contributed by atoms with Crippen LogP contribution in [0.2, 0.25) is 0 Å². The summed E-state index contributed by atoms with van der Waals surface area (Å²) in [5.74, 6) is 0.0527. The molecule has 2 aromatic rings. The first-order valence-electron chi connectivity index (χ1n) is 7.85. The highest BCUT2D eigenvalue weighted by Gasteiger charge is 2.24. The Balaban J connectivity index is 1.67. The SMILES string of the molecule is CC(Sc1nc(N)nc(N)n1)C(=O)NC1CCCc2ccccc21. The van der Waals surface area contributed by atoms with Gasteiger partial charge in [-0.25, -0.2) is 0 Å². The molecular formula is C16H20N6OS. The second-order valence-electron chi connectivity index (χ2n) is 5.75. The number of carbonyl (C=O) groups excluding carboxylic acids is 1. The van der Waals surface area contributed by atoms with Crippen molar-refractivity contribution in [3.63, 3.8) is 0 Å². The molecule has 0 bridgehead atoms. The lowest BCUT2D eigenvalue weighted by molar-refractivity contribution is -0.121. The number of nitrogen functional groups attached to an aromatic ring is 2. The van der Waals surface area contributed by atoms with Crippen LogP contribution in [0.25, 0.3) is 0 Å². The number of anilines is 2. The van der Waals surface area contributed by atoms with Gasteiger partial charge in [0.1, 0.15) is 0 Å². The predicted octanol–water partition coefficient (Wildman–Crippen LogP) is 1.71. The first kappa shape index (κ1) is 16.5. The van der Waals surface area contributed by atoms with E-state index in [1.165, 1.54) is 22.9 Å². The summed E-state index contributed by atoms with van der Waals surface area (Å²) in [6.07, 6.45) is 3.09. The lowest BCUT2D eigenvalue weighted by atomic mass is 9.88. The number of benzene rings is 1. The van der Waals surface area contributed by atoms with Crippen LogP contribution in [0, 0.1) is 0 Å². The fraction of sp³-hybridized carbons (Fsp3) is 0.375. The van der Waals surface area contributed by atoms with Crippen LogP contribution < -0.4 is 16.8 Å². The number of fused-ring (bicyclic) bond motifs is 1. The van der Waals surface area contributed by atoms with Crippen molar-refractivity contribution in [3.05, 3.63) is 35.4 Å². The fourth-order valence-corrected chi connectivity index (χ4v) is 3.63. The van der Waals surface area contributed by atoms with Crippen molar-refractivity contribution in [2.24, 2.45) is 0 Å². The standard InChI is InChI=1S/C16H20N6OS/c1-9(24-16-21-14(17)20-15(18)22-16)13(23)19-12-8-4-6-10-5-2-3-7-11(10)12/h2-3,5,7,9,12H,4,6,8H2,1H3,(H,19,23)(H4,17,18,20,21,22). The van der Waals surface area contributed by atoms with Gasteiger partial charge in [0.2, 0.25) is 17.8 Å². The minimum atomic E-state index is -0.361. The Labute approximate surface area is 144 Å². The molecule has 0 spiro atoms. The minimum absolute atomic E-state index is 0.0545. The van der Waals surface area contributed by atoms with Crippen molar-refractivity contribution < 1.29 is 4.79 Å². The van der Waals surface area contributed by atoms with Gasteiger partial charge in [-0.05, 0) is 37.3 Å². The topological polar surface area (TPSA) is 120 Å². The largest absolute Gasteiger partial charge is 0.368 e. The van der Waals surface area contributed by atoms with Crippen molar-refractivity contribution >= 4 is 29.6 Å². The van der Waals surface area contributed by atoms with E-state index in [1.807, 2.05) is 19.1 Å². The summed E-state index contributed by atoms with van der Waals surface area (Å²) < 4.78 is 0. The Kier molecular flexibility index (Phi) is 4.84. The molecule has 1 aliphatic rings. The van der Waals surface area contributed by atoms with Crippen molar-refractivity contribution in [3.8, 4) is 0 Å².